The highest BCUT2D eigenvalue weighted by molar-refractivity contribution is 7.90. The van der Waals surface area contributed by atoms with Crippen molar-refractivity contribution in [3.05, 3.63) is 60.2 Å². The van der Waals surface area contributed by atoms with Gasteiger partial charge in [-0.05, 0) is 36.2 Å². The molecule has 0 radical (unpaired) electrons. The highest BCUT2D eigenvalue weighted by Crippen LogP contribution is 2.19. The van der Waals surface area contributed by atoms with Gasteiger partial charge in [0.2, 0.25) is 10.0 Å². The molecule has 0 unspecified atom stereocenters. The van der Waals surface area contributed by atoms with E-state index in [1.54, 1.807) is 0 Å². The Morgan fingerprint density at radius 3 is 1.88 bits per heavy atom. The van der Waals surface area contributed by atoms with E-state index in [1.165, 1.54) is 28.6 Å². The number of nitrogens with two attached hydrogens (primary N) is 1. The molecule has 2 N–H and O–H groups in total. The van der Waals surface area contributed by atoms with Crippen LogP contribution in [0.15, 0.2) is 64.4 Å². The van der Waals surface area contributed by atoms with Gasteiger partial charge in [-0.3, -0.25) is 0 Å². The molecule has 0 aliphatic carbocycles. The monoisotopic (exact) mass is 418 g/mol. The average Bonchev–Trinajstić information content (AvgIpc) is 2.58. The summed E-state index contributed by atoms with van der Waals surface area (Å²) in [6, 6.07) is 14.8. The number of nitrogens with zero attached hydrogens (tertiary/aromatic N) is 1. The Kier molecular flexibility index (Phi) is 8.23. The Bertz CT molecular complexity index is 900. The second-order valence-corrected chi connectivity index (χ2v) is 9.63. The van der Waals surface area contributed by atoms with E-state index in [-0.39, 0.29) is 35.3 Å². The van der Waals surface area contributed by atoms with Crippen LogP contribution in [0.5, 0.6) is 0 Å². The maximum atomic E-state index is 12.8. The number of halogens is 1. The summed E-state index contributed by atoms with van der Waals surface area (Å²) in [5.74, 6) is 0. The predicted octanol–water partition coefficient (Wildman–Crippen LogP) is 1.70. The van der Waals surface area contributed by atoms with Crippen molar-refractivity contribution in [3.8, 4) is 0 Å². The summed E-state index contributed by atoms with van der Waals surface area (Å²) in [5, 5.41) is 0. The first kappa shape index (κ1) is 22.6. The molecular weight excluding hydrogens is 396 g/mol. The Morgan fingerprint density at radius 1 is 0.846 bits per heavy atom. The van der Waals surface area contributed by atoms with Crippen LogP contribution in [0.4, 0.5) is 0 Å². The zero-order chi connectivity index (χ0) is 18.5. The maximum Gasteiger partial charge on any atom is 0.243 e. The number of sulfone groups is 1. The second kappa shape index (κ2) is 9.48. The standard InChI is InChI=1S/C17H22N2O4S2.ClH/c1-24(20,21)16-7-9-17(10-8-16)25(22,23)19(14-12-18)13-11-15-5-3-2-4-6-15;/h2-10H,11-14,18H2,1H3;1H. The molecular formula is C17H23ClN2O4S2. The van der Waals surface area contributed by atoms with E-state index in [0.29, 0.717) is 13.0 Å². The molecule has 0 saturated carbocycles. The normalized spacial score (nSPS) is 12.0. The van der Waals surface area contributed by atoms with Crippen LogP contribution in [0.2, 0.25) is 0 Å². The van der Waals surface area contributed by atoms with Gasteiger partial charge in [0.25, 0.3) is 0 Å². The Labute approximate surface area is 161 Å². The minimum absolute atomic E-state index is 0. The third-order valence-corrected chi connectivity index (χ3v) is 6.80. The van der Waals surface area contributed by atoms with Gasteiger partial charge < -0.3 is 5.73 Å². The van der Waals surface area contributed by atoms with Crippen molar-refractivity contribution in [3.63, 3.8) is 0 Å². The molecule has 0 aromatic heterocycles. The minimum Gasteiger partial charge on any atom is -0.329 e. The lowest BCUT2D eigenvalue weighted by Gasteiger charge is -2.21. The van der Waals surface area contributed by atoms with E-state index < -0.39 is 19.9 Å². The van der Waals surface area contributed by atoms with Gasteiger partial charge in [0.05, 0.1) is 9.79 Å². The molecule has 2 aromatic rings. The van der Waals surface area contributed by atoms with E-state index in [4.69, 9.17) is 5.73 Å². The van der Waals surface area contributed by atoms with E-state index >= 15 is 0 Å². The minimum atomic E-state index is -3.74. The SMILES string of the molecule is CS(=O)(=O)c1ccc(S(=O)(=O)N(CCN)CCc2ccccc2)cc1.Cl. The third-order valence-electron chi connectivity index (χ3n) is 3.76. The molecule has 0 aliphatic heterocycles. The van der Waals surface area contributed by atoms with Crippen molar-refractivity contribution in [2.24, 2.45) is 5.73 Å². The molecule has 6 nitrogen and oxygen atoms in total. The molecule has 2 aromatic carbocycles. The van der Waals surface area contributed by atoms with Crippen LogP contribution in [0.1, 0.15) is 5.56 Å². The van der Waals surface area contributed by atoms with Gasteiger partial charge in [-0.1, -0.05) is 30.3 Å². The summed E-state index contributed by atoms with van der Waals surface area (Å²) in [5.41, 5.74) is 6.60. The average molecular weight is 419 g/mol. The molecule has 2 rings (SSSR count). The third kappa shape index (κ3) is 5.78. The summed E-state index contributed by atoms with van der Waals surface area (Å²) < 4.78 is 50.0. The van der Waals surface area contributed by atoms with E-state index in [0.717, 1.165) is 11.8 Å². The Morgan fingerprint density at radius 2 is 1.38 bits per heavy atom. The van der Waals surface area contributed by atoms with Gasteiger partial charge in [-0.15, -0.1) is 12.4 Å². The largest absolute Gasteiger partial charge is 0.329 e. The molecule has 0 atom stereocenters. The molecule has 0 heterocycles. The molecule has 0 saturated heterocycles. The Hall–Kier alpha value is -1.45. The van der Waals surface area contributed by atoms with Crippen LogP contribution < -0.4 is 5.73 Å². The number of rotatable bonds is 8. The van der Waals surface area contributed by atoms with Gasteiger partial charge in [0, 0.05) is 25.9 Å². The summed E-state index contributed by atoms with van der Waals surface area (Å²) in [6.07, 6.45) is 1.65. The summed E-state index contributed by atoms with van der Waals surface area (Å²) >= 11 is 0. The first-order valence-electron chi connectivity index (χ1n) is 7.79. The van der Waals surface area contributed by atoms with Crippen LogP contribution in [-0.2, 0) is 26.3 Å². The van der Waals surface area contributed by atoms with Crippen LogP contribution in [0.3, 0.4) is 0 Å². The van der Waals surface area contributed by atoms with E-state index in [9.17, 15) is 16.8 Å². The van der Waals surface area contributed by atoms with Crippen molar-refractivity contribution in [1.29, 1.82) is 0 Å². The van der Waals surface area contributed by atoms with Crippen LogP contribution >= 0.6 is 12.4 Å². The van der Waals surface area contributed by atoms with Crippen molar-refractivity contribution in [1.82, 2.24) is 4.31 Å². The van der Waals surface area contributed by atoms with Crippen molar-refractivity contribution >= 4 is 32.3 Å². The fourth-order valence-electron chi connectivity index (χ4n) is 2.40. The molecule has 26 heavy (non-hydrogen) atoms. The lowest BCUT2D eigenvalue weighted by atomic mass is 10.1. The highest BCUT2D eigenvalue weighted by atomic mass is 35.5. The van der Waals surface area contributed by atoms with Crippen LogP contribution in [0.25, 0.3) is 0 Å². The summed E-state index contributed by atoms with van der Waals surface area (Å²) in [4.78, 5) is 0.141. The predicted molar refractivity (Wildman–Crippen MR) is 105 cm³/mol. The lowest BCUT2D eigenvalue weighted by Crippen LogP contribution is -2.36. The van der Waals surface area contributed by atoms with E-state index in [2.05, 4.69) is 0 Å². The molecule has 9 heteroatoms. The summed E-state index contributed by atoms with van der Waals surface area (Å²) in [7, 11) is -7.11. The number of hydrogen-bond donors (Lipinski definition) is 1. The molecule has 0 amide bonds. The van der Waals surface area contributed by atoms with Gasteiger partial charge in [0.15, 0.2) is 9.84 Å². The topological polar surface area (TPSA) is 97.5 Å². The highest BCUT2D eigenvalue weighted by Gasteiger charge is 2.24. The second-order valence-electron chi connectivity index (χ2n) is 5.67. The molecule has 0 fully saturated rings. The number of hydrogen-bond acceptors (Lipinski definition) is 5. The fraction of sp³-hybridized carbons (Fsp3) is 0.294. The van der Waals surface area contributed by atoms with E-state index in [1.807, 2.05) is 30.3 Å². The first-order chi connectivity index (χ1) is 11.7. The maximum absolute atomic E-state index is 12.8. The molecule has 0 bridgehead atoms. The molecule has 0 aliphatic rings. The zero-order valence-electron chi connectivity index (χ0n) is 14.4. The lowest BCUT2D eigenvalue weighted by molar-refractivity contribution is 0.421. The van der Waals surface area contributed by atoms with Crippen LogP contribution in [-0.4, -0.2) is 47.0 Å². The smallest absolute Gasteiger partial charge is 0.243 e. The Balaban J connectivity index is 0.00000338. The van der Waals surface area contributed by atoms with Gasteiger partial charge in [-0.2, -0.15) is 4.31 Å². The first-order valence-corrected chi connectivity index (χ1v) is 11.1. The van der Waals surface area contributed by atoms with Gasteiger partial charge in [0.1, 0.15) is 0 Å². The van der Waals surface area contributed by atoms with Crippen molar-refractivity contribution in [2.75, 3.05) is 25.9 Å². The fourth-order valence-corrected chi connectivity index (χ4v) is 4.49. The van der Waals surface area contributed by atoms with Gasteiger partial charge in [-0.25, -0.2) is 16.8 Å². The molecule has 144 valence electrons. The quantitative estimate of drug-likeness (QED) is 0.703. The van der Waals surface area contributed by atoms with Crippen molar-refractivity contribution < 1.29 is 16.8 Å². The summed E-state index contributed by atoms with van der Waals surface area (Å²) in [6.45, 7) is 0.704. The number of sulfonamides is 1. The van der Waals surface area contributed by atoms with Gasteiger partial charge >= 0.3 is 0 Å². The van der Waals surface area contributed by atoms with Crippen LogP contribution in [0, 0.1) is 0 Å². The zero-order valence-corrected chi connectivity index (χ0v) is 16.9. The number of benzene rings is 2. The molecule has 0 spiro atoms. The van der Waals surface area contributed by atoms with Crippen molar-refractivity contribution in [2.45, 2.75) is 16.2 Å².